The van der Waals surface area contributed by atoms with E-state index < -0.39 is 10.0 Å². The molecule has 1 saturated heterocycles. The predicted molar refractivity (Wildman–Crippen MR) is 118 cm³/mol. The van der Waals surface area contributed by atoms with Crippen LogP contribution < -0.4 is 0 Å². The number of aromatic nitrogens is 2. The van der Waals surface area contributed by atoms with Gasteiger partial charge < -0.3 is 4.90 Å². The molecule has 0 atom stereocenters. The molecule has 0 spiro atoms. The number of hydrogen-bond acceptors (Lipinski definition) is 6. The molecular weight excluding hydrogens is 436 g/mol. The number of sulfonamides is 1. The number of aromatic amines is 1. The number of amides is 1. The molecule has 1 N–H and O–H groups in total. The monoisotopic (exact) mass is 458 g/mol. The predicted octanol–water partition coefficient (Wildman–Crippen LogP) is 2.80. The largest absolute Gasteiger partial charge is 0.335 e. The fraction of sp³-hybridized carbons (Fsp3) is 0.286. The molecular formula is C21H22N4O4S2. The van der Waals surface area contributed by atoms with E-state index in [0.717, 1.165) is 10.6 Å². The molecule has 1 aromatic carbocycles. The van der Waals surface area contributed by atoms with Gasteiger partial charge in [-0.1, -0.05) is 12.1 Å². The van der Waals surface area contributed by atoms with Crippen LogP contribution in [0.1, 0.15) is 32.6 Å². The number of carbonyl (C=O) groups excluding carboxylic acids is 2. The van der Waals surface area contributed by atoms with E-state index in [4.69, 9.17) is 0 Å². The second-order valence-corrected chi connectivity index (χ2v) is 10.6. The summed E-state index contributed by atoms with van der Waals surface area (Å²) < 4.78 is 27.2. The van der Waals surface area contributed by atoms with Crippen molar-refractivity contribution < 1.29 is 18.0 Å². The smallest absolute Gasteiger partial charge is 0.274 e. The number of benzene rings is 1. The van der Waals surface area contributed by atoms with Gasteiger partial charge in [-0.05, 0) is 44.2 Å². The molecule has 0 radical (unpaired) electrons. The van der Waals surface area contributed by atoms with Gasteiger partial charge in [0, 0.05) is 36.6 Å². The minimum absolute atomic E-state index is 0.119. The van der Waals surface area contributed by atoms with Crippen molar-refractivity contribution in [3.63, 3.8) is 0 Å². The number of ketones is 1. The summed E-state index contributed by atoms with van der Waals surface area (Å²) in [6, 6.07) is 11.6. The lowest BCUT2D eigenvalue weighted by molar-refractivity contribution is 0.0692. The van der Waals surface area contributed by atoms with Crippen LogP contribution in [0.2, 0.25) is 0 Å². The Balaban J connectivity index is 1.41. The number of aryl methyl sites for hydroxylation is 1. The second-order valence-electron chi connectivity index (χ2n) is 7.35. The van der Waals surface area contributed by atoms with Gasteiger partial charge in [0.1, 0.15) is 0 Å². The number of H-pyrrole nitrogens is 1. The van der Waals surface area contributed by atoms with Crippen molar-refractivity contribution in [1.82, 2.24) is 19.4 Å². The molecule has 1 amide bonds. The van der Waals surface area contributed by atoms with E-state index in [9.17, 15) is 18.0 Å². The molecule has 10 heteroatoms. The molecule has 162 valence electrons. The maximum atomic E-state index is 12.9. The number of Topliss-reactive ketones (excluding diaryl/α,β-unsaturated/α-hetero) is 1. The summed E-state index contributed by atoms with van der Waals surface area (Å²) in [7, 11) is -3.68. The molecule has 0 aliphatic carbocycles. The van der Waals surface area contributed by atoms with Crippen LogP contribution in [0, 0.1) is 6.92 Å². The molecule has 0 bridgehead atoms. The first kappa shape index (κ1) is 21.4. The third kappa shape index (κ3) is 4.32. The third-order valence-electron chi connectivity index (χ3n) is 5.23. The molecule has 31 heavy (non-hydrogen) atoms. The van der Waals surface area contributed by atoms with Crippen LogP contribution in [0.5, 0.6) is 0 Å². The van der Waals surface area contributed by atoms with Gasteiger partial charge in [0.25, 0.3) is 5.91 Å². The van der Waals surface area contributed by atoms with Crippen molar-refractivity contribution in [2.75, 3.05) is 26.2 Å². The highest BCUT2D eigenvalue weighted by Crippen LogP contribution is 2.27. The summed E-state index contributed by atoms with van der Waals surface area (Å²) in [6.07, 6.45) is 0. The first-order valence-corrected chi connectivity index (χ1v) is 12.0. The van der Waals surface area contributed by atoms with Crippen LogP contribution in [0.25, 0.3) is 10.6 Å². The highest BCUT2D eigenvalue weighted by molar-refractivity contribution is 7.89. The number of carbonyl (C=O) groups is 2. The van der Waals surface area contributed by atoms with E-state index in [-0.39, 0.29) is 42.8 Å². The molecule has 0 unspecified atom stereocenters. The van der Waals surface area contributed by atoms with Crippen LogP contribution in [-0.2, 0) is 10.0 Å². The van der Waals surface area contributed by atoms with Crippen LogP contribution >= 0.6 is 11.3 Å². The van der Waals surface area contributed by atoms with Gasteiger partial charge in [0.15, 0.2) is 11.5 Å². The quantitative estimate of drug-likeness (QED) is 0.592. The van der Waals surface area contributed by atoms with Gasteiger partial charge in [0.2, 0.25) is 10.0 Å². The normalized spacial score (nSPS) is 15.2. The molecule has 2 aromatic heterocycles. The molecule has 1 fully saturated rings. The van der Waals surface area contributed by atoms with Crippen molar-refractivity contribution in [3.05, 3.63) is 58.6 Å². The number of thiophene rings is 1. The van der Waals surface area contributed by atoms with E-state index >= 15 is 0 Å². The average Bonchev–Trinajstić information content (AvgIpc) is 3.42. The van der Waals surface area contributed by atoms with E-state index in [1.807, 2.05) is 19.1 Å². The zero-order valence-electron chi connectivity index (χ0n) is 17.2. The number of piperazine rings is 1. The maximum Gasteiger partial charge on any atom is 0.274 e. The summed E-state index contributed by atoms with van der Waals surface area (Å²) in [6.45, 7) is 4.41. The highest BCUT2D eigenvalue weighted by Gasteiger charge is 2.31. The first-order valence-electron chi connectivity index (χ1n) is 9.78. The number of hydrogen-bond donors (Lipinski definition) is 1. The lowest BCUT2D eigenvalue weighted by Crippen LogP contribution is -2.50. The average molecular weight is 459 g/mol. The van der Waals surface area contributed by atoms with Crippen LogP contribution in [0.4, 0.5) is 0 Å². The fourth-order valence-electron chi connectivity index (χ4n) is 3.44. The molecule has 3 aromatic rings. The number of nitrogens with one attached hydrogen (secondary N) is 1. The van der Waals surface area contributed by atoms with Gasteiger partial charge in [-0.2, -0.15) is 9.40 Å². The SMILES string of the molecule is CC(=O)c1ccc(S(=O)(=O)N2CCN(C(=O)c3cc(-c4ccc(C)s4)[nH]n3)CC2)cc1. The van der Waals surface area contributed by atoms with Crippen molar-refractivity contribution in [1.29, 1.82) is 0 Å². The molecule has 8 nitrogen and oxygen atoms in total. The van der Waals surface area contributed by atoms with Gasteiger partial charge in [-0.15, -0.1) is 11.3 Å². The molecule has 1 aliphatic heterocycles. The topological polar surface area (TPSA) is 103 Å². The summed E-state index contributed by atoms with van der Waals surface area (Å²) in [4.78, 5) is 28.2. The zero-order valence-corrected chi connectivity index (χ0v) is 18.8. The van der Waals surface area contributed by atoms with Crippen LogP contribution in [0.3, 0.4) is 0 Å². The van der Waals surface area contributed by atoms with Crippen molar-refractivity contribution in [2.24, 2.45) is 0 Å². The van der Waals surface area contributed by atoms with Crippen molar-refractivity contribution >= 4 is 33.1 Å². The Morgan fingerprint density at radius 3 is 2.29 bits per heavy atom. The Morgan fingerprint density at radius 2 is 1.71 bits per heavy atom. The first-order chi connectivity index (χ1) is 14.8. The standard InChI is InChI=1S/C21H22N4O4S2/c1-14-3-8-20(30-14)18-13-19(23-22-18)21(27)24-9-11-25(12-10-24)31(28,29)17-6-4-16(5-7-17)15(2)26/h3-8,13H,9-12H2,1-2H3,(H,22,23). The number of rotatable bonds is 5. The van der Waals surface area contributed by atoms with E-state index in [0.29, 0.717) is 11.3 Å². The minimum Gasteiger partial charge on any atom is -0.335 e. The lowest BCUT2D eigenvalue weighted by atomic mass is 10.2. The van der Waals surface area contributed by atoms with Crippen LogP contribution in [-0.4, -0.2) is 65.7 Å². The molecule has 3 heterocycles. The lowest BCUT2D eigenvalue weighted by Gasteiger charge is -2.33. The van der Waals surface area contributed by atoms with Crippen LogP contribution in [0.15, 0.2) is 47.4 Å². The molecule has 4 rings (SSSR count). The Bertz CT molecular complexity index is 1220. The van der Waals surface area contributed by atoms with Gasteiger partial charge in [-0.3, -0.25) is 14.7 Å². The summed E-state index contributed by atoms with van der Waals surface area (Å²) in [5.74, 6) is -0.342. The molecule has 0 saturated carbocycles. The third-order valence-corrected chi connectivity index (χ3v) is 8.17. The number of nitrogens with zero attached hydrogens (tertiary/aromatic N) is 3. The zero-order chi connectivity index (χ0) is 22.2. The summed E-state index contributed by atoms with van der Waals surface area (Å²) >= 11 is 1.62. The highest BCUT2D eigenvalue weighted by atomic mass is 32.2. The van der Waals surface area contributed by atoms with Gasteiger partial charge in [-0.25, -0.2) is 8.42 Å². The Kier molecular flexibility index (Phi) is 5.78. The maximum absolute atomic E-state index is 12.9. The summed E-state index contributed by atoms with van der Waals surface area (Å²) in [5, 5.41) is 7.05. The Labute approximate surface area is 184 Å². The van der Waals surface area contributed by atoms with Gasteiger partial charge >= 0.3 is 0 Å². The second kappa shape index (κ2) is 8.37. The van der Waals surface area contributed by atoms with Crippen molar-refractivity contribution in [3.8, 4) is 10.6 Å². The van der Waals surface area contributed by atoms with E-state index in [1.54, 1.807) is 22.3 Å². The Hall–Kier alpha value is -2.82. The van der Waals surface area contributed by atoms with Gasteiger partial charge in [0.05, 0.1) is 15.5 Å². The molecule has 1 aliphatic rings. The Morgan fingerprint density at radius 1 is 1.03 bits per heavy atom. The van der Waals surface area contributed by atoms with E-state index in [2.05, 4.69) is 10.2 Å². The fourth-order valence-corrected chi connectivity index (χ4v) is 5.70. The van der Waals surface area contributed by atoms with E-state index in [1.165, 1.54) is 40.4 Å². The minimum atomic E-state index is -3.68. The summed E-state index contributed by atoms with van der Waals surface area (Å²) in [5.41, 5.74) is 1.57. The van der Waals surface area contributed by atoms with Crippen molar-refractivity contribution in [2.45, 2.75) is 18.7 Å².